The zero-order chi connectivity index (χ0) is 13.8. The van der Waals surface area contributed by atoms with Crippen LogP contribution in [0, 0.1) is 10.1 Å². The van der Waals surface area contributed by atoms with Gasteiger partial charge in [-0.2, -0.15) is 0 Å². The largest absolute Gasteiger partial charge is 0.490 e. The maximum atomic E-state index is 11.0. The minimum atomic E-state index is -0.520. The molecule has 18 heavy (non-hydrogen) atoms. The van der Waals surface area contributed by atoms with Crippen LogP contribution in [0.1, 0.15) is 20.3 Å². The van der Waals surface area contributed by atoms with E-state index in [0.29, 0.717) is 6.42 Å². The van der Waals surface area contributed by atoms with Gasteiger partial charge in [0, 0.05) is 5.54 Å². The highest BCUT2D eigenvalue weighted by molar-refractivity contribution is 5.57. The fraction of sp³-hybridized carbons (Fsp3) is 0.500. The number of nitrogens with two attached hydrogens (primary N) is 1. The zero-order valence-corrected chi connectivity index (χ0v) is 10.8. The molecule has 0 heterocycles. The van der Waals surface area contributed by atoms with Crippen LogP contribution in [0.5, 0.6) is 11.5 Å². The molecule has 2 N–H and O–H groups in total. The van der Waals surface area contributed by atoms with Crippen LogP contribution >= 0.6 is 0 Å². The topological polar surface area (TPSA) is 87.6 Å². The van der Waals surface area contributed by atoms with Crippen molar-refractivity contribution in [3.8, 4) is 11.5 Å². The summed E-state index contributed by atoms with van der Waals surface area (Å²) in [6.45, 7) is 3.97. The SMILES string of the molecule is CCC(C)(N)COc1cccc(OC)c1[N+](=O)[O-]. The molecule has 6 heteroatoms. The van der Waals surface area contributed by atoms with E-state index in [-0.39, 0.29) is 23.8 Å². The Hall–Kier alpha value is -1.82. The minimum absolute atomic E-state index is 0.171. The third-order valence-corrected chi connectivity index (χ3v) is 2.73. The number of para-hydroxylation sites is 1. The van der Waals surface area contributed by atoms with E-state index < -0.39 is 10.5 Å². The van der Waals surface area contributed by atoms with Crippen molar-refractivity contribution in [2.45, 2.75) is 25.8 Å². The van der Waals surface area contributed by atoms with Crippen LogP contribution in [0.15, 0.2) is 18.2 Å². The first kappa shape index (κ1) is 14.2. The molecule has 0 saturated heterocycles. The number of benzene rings is 1. The lowest BCUT2D eigenvalue weighted by Crippen LogP contribution is -2.41. The summed E-state index contributed by atoms with van der Waals surface area (Å²) in [7, 11) is 1.38. The first-order valence-electron chi connectivity index (χ1n) is 5.64. The first-order valence-corrected chi connectivity index (χ1v) is 5.64. The van der Waals surface area contributed by atoms with E-state index in [9.17, 15) is 10.1 Å². The second-order valence-electron chi connectivity index (χ2n) is 4.36. The van der Waals surface area contributed by atoms with E-state index in [4.69, 9.17) is 15.2 Å². The molecule has 6 nitrogen and oxygen atoms in total. The van der Waals surface area contributed by atoms with Crippen LogP contribution in [0.2, 0.25) is 0 Å². The maximum Gasteiger partial charge on any atom is 0.352 e. The molecule has 0 spiro atoms. The van der Waals surface area contributed by atoms with Crippen molar-refractivity contribution in [3.05, 3.63) is 28.3 Å². The molecule has 1 unspecified atom stereocenters. The highest BCUT2D eigenvalue weighted by Gasteiger charge is 2.24. The number of hydrogen-bond donors (Lipinski definition) is 1. The Balaban J connectivity index is 2.99. The van der Waals surface area contributed by atoms with Crippen LogP contribution in [-0.4, -0.2) is 24.2 Å². The summed E-state index contributed by atoms with van der Waals surface area (Å²) >= 11 is 0. The summed E-state index contributed by atoms with van der Waals surface area (Å²) in [5.41, 5.74) is 5.24. The molecular formula is C12H18N2O4. The van der Waals surface area contributed by atoms with Gasteiger partial charge in [0.2, 0.25) is 11.5 Å². The predicted molar refractivity (Wildman–Crippen MR) is 68.0 cm³/mol. The van der Waals surface area contributed by atoms with Crippen molar-refractivity contribution in [2.75, 3.05) is 13.7 Å². The van der Waals surface area contributed by atoms with Gasteiger partial charge in [-0.05, 0) is 25.5 Å². The van der Waals surface area contributed by atoms with Gasteiger partial charge in [-0.3, -0.25) is 10.1 Å². The number of methoxy groups -OCH3 is 1. The first-order chi connectivity index (χ1) is 8.41. The predicted octanol–water partition coefficient (Wildman–Crippen LogP) is 2.11. The van der Waals surface area contributed by atoms with Gasteiger partial charge in [0.15, 0.2) is 0 Å². The van der Waals surface area contributed by atoms with Crippen molar-refractivity contribution < 1.29 is 14.4 Å². The highest BCUT2D eigenvalue weighted by Crippen LogP contribution is 2.36. The quantitative estimate of drug-likeness (QED) is 0.620. The van der Waals surface area contributed by atoms with E-state index in [1.807, 2.05) is 13.8 Å². The number of rotatable bonds is 6. The number of nitro benzene ring substituents is 1. The third-order valence-electron chi connectivity index (χ3n) is 2.73. The molecular weight excluding hydrogens is 236 g/mol. The maximum absolute atomic E-state index is 11.0. The van der Waals surface area contributed by atoms with Crippen molar-refractivity contribution in [1.82, 2.24) is 0 Å². The van der Waals surface area contributed by atoms with Crippen molar-refractivity contribution in [2.24, 2.45) is 5.73 Å². The summed E-state index contributed by atoms with van der Waals surface area (Å²) < 4.78 is 10.4. The number of hydrogen-bond acceptors (Lipinski definition) is 5. The van der Waals surface area contributed by atoms with Crippen LogP contribution in [-0.2, 0) is 0 Å². The second kappa shape index (κ2) is 5.68. The molecule has 0 aromatic heterocycles. The average Bonchev–Trinajstić information content (AvgIpc) is 2.35. The summed E-state index contributed by atoms with van der Waals surface area (Å²) in [5.74, 6) is 0.345. The summed E-state index contributed by atoms with van der Waals surface area (Å²) in [5, 5.41) is 11.0. The molecule has 1 aromatic carbocycles. The molecule has 0 saturated carbocycles. The zero-order valence-electron chi connectivity index (χ0n) is 10.8. The van der Waals surface area contributed by atoms with Crippen molar-refractivity contribution in [1.29, 1.82) is 0 Å². The Morgan fingerprint density at radius 2 is 2.06 bits per heavy atom. The normalized spacial score (nSPS) is 13.8. The van der Waals surface area contributed by atoms with Gasteiger partial charge in [-0.15, -0.1) is 0 Å². The molecule has 0 aliphatic rings. The lowest BCUT2D eigenvalue weighted by Gasteiger charge is -2.22. The molecule has 0 aliphatic heterocycles. The smallest absolute Gasteiger partial charge is 0.352 e. The van der Waals surface area contributed by atoms with Gasteiger partial charge in [-0.1, -0.05) is 13.0 Å². The third kappa shape index (κ3) is 3.33. The molecule has 100 valence electrons. The van der Waals surface area contributed by atoms with E-state index in [1.54, 1.807) is 6.07 Å². The molecule has 1 atom stereocenters. The van der Waals surface area contributed by atoms with Crippen LogP contribution < -0.4 is 15.2 Å². The van der Waals surface area contributed by atoms with Crippen LogP contribution in [0.3, 0.4) is 0 Å². The number of nitrogens with zero attached hydrogens (tertiary/aromatic N) is 1. The van der Waals surface area contributed by atoms with E-state index in [0.717, 1.165) is 0 Å². The molecule has 0 amide bonds. The summed E-state index contributed by atoms with van der Waals surface area (Å²) in [6.07, 6.45) is 0.713. The molecule has 0 bridgehead atoms. The van der Waals surface area contributed by atoms with E-state index >= 15 is 0 Å². The molecule has 0 fully saturated rings. The Labute approximate surface area is 106 Å². The van der Waals surface area contributed by atoms with Gasteiger partial charge in [-0.25, -0.2) is 0 Å². The van der Waals surface area contributed by atoms with Gasteiger partial charge >= 0.3 is 5.69 Å². The lowest BCUT2D eigenvalue weighted by atomic mass is 10.0. The number of nitro groups is 1. The van der Waals surface area contributed by atoms with Gasteiger partial charge in [0.05, 0.1) is 12.0 Å². The number of ether oxygens (including phenoxy) is 2. The Morgan fingerprint density at radius 3 is 2.56 bits per heavy atom. The summed E-state index contributed by atoms with van der Waals surface area (Å²) in [6, 6.07) is 4.69. The molecule has 1 rings (SSSR count). The summed E-state index contributed by atoms with van der Waals surface area (Å²) in [4.78, 5) is 10.5. The Morgan fingerprint density at radius 1 is 1.44 bits per heavy atom. The van der Waals surface area contributed by atoms with E-state index in [1.165, 1.54) is 19.2 Å². The minimum Gasteiger partial charge on any atom is -0.490 e. The molecule has 0 radical (unpaired) electrons. The van der Waals surface area contributed by atoms with Gasteiger partial charge < -0.3 is 15.2 Å². The molecule has 0 aliphatic carbocycles. The monoisotopic (exact) mass is 254 g/mol. The van der Waals surface area contributed by atoms with Crippen molar-refractivity contribution >= 4 is 5.69 Å². The van der Waals surface area contributed by atoms with E-state index in [2.05, 4.69) is 0 Å². The highest BCUT2D eigenvalue weighted by atomic mass is 16.6. The van der Waals surface area contributed by atoms with Gasteiger partial charge in [0.25, 0.3) is 0 Å². The second-order valence-corrected chi connectivity index (χ2v) is 4.36. The Bertz CT molecular complexity index is 432. The van der Waals surface area contributed by atoms with Gasteiger partial charge in [0.1, 0.15) is 6.61 Å². The fourth-order valence-corrected chi connectivity index (χ4v) is 1.31. The van der Waals surface area contributed by atoms with Crippen LogP contribution in [0.4, 0.5) is 5.69 Å². The van der Waals surface area contributed by atoms with Crippen LogP contribution in [0.25, 0.3) is 0 Å². The van der Waals surface area contributed by atoms with Crippen molar-refractivity contribution in [3.63, 3.8) is 0 Å². The molecule has 1 aromatic rings. The fourth-order valence-electron chi connectivity index (χ4n) is 1.31. The Kier molecular flexibility index (Phi) is 4.49. The average molecular weight is 254 g/mol. The lowest BCUT2D eigenvalue weighted by molar-refractivity contribution is -0.386. The standard InChI is InChI=1S/C12H18N2O4/c1-4-12(2,13)8-18-10-7-5-6-9(17-3)11(10)14(15)16/h5-7H,4,8,13H2,1-3H3.